The van der Waals surface area contributed by atoms with Crippen LogP contribution in [0.1, 0.15) is 31.7 Å². The fourth-order valence-electron chi connectivity index (χ4n) is 3.30. The van der Waals surface area contributed by atoms with Crippen LogP contribution in [-0.2, 0) is 4.79 Å². The van der Waals surface area contributed by atoms with Crippen molar-refractivity contribution >= 4 is 22.4 Å². The molecular formula is C23H24N4OS. The molecule has 0 radical (unpaired) electrons. The van der Waals surface area contributed by atoms with Gasteiger partial charge in [-0.2, -0.15) is 5.26 Å². The second-order valence-electron chi connectivity index (χ2n) is 7.33. The van der Waals surface area contributed by atoms with E-state index in [0.29, 0.717) is 11.0 Å². The summed E-state index contributed by atoms with van der Waals surface area (Å²) in [5, 5.41) is 14.0. The Bertz CT molecular complexity index is 1020. The topological polar surface area (TPSA) is 91.8 Å². The number of hydrogen-bond acceptors (Lipinski definition) is 5. The van der Waals surface area contributed by atoms with Crippen LogP contribution in [0, 0.1) is 17.2 Å². The lowest BCUT2D eigenvalue weighted by atomic mass is 9.88. The summed E-state index contributed by atoms with van der Waals surface area (Å²) < 4.78 is 0. The number of thiazole rings is 1. The Morgan fingerprint density at radius 2 is 1.90 bits per heavy atom. The van der Waals surface area contributed by atoms with Gasteiger partial charge in [-0.1, -0.05) is 62.4 Å². The monoisotopic (exact) mass is 404 g/mol. The Kier molecular flexibility index (Phi) is 6.63. The van der Waals surface area contributed by atoms with E-state index in [-0.39, 0.29) is 18.4 Å². The maximum Gasteiger partial charge on any atom is 0.228 e. The van der Waals surface area contributed by atoms with E-state index in [1.165, 1.54) is 11.3 Å². The van der Waals surface area contributed by atoms with Gasteiger partial charge in [-0.3, -0.25) is 4.79 Å². The highest BCUT2D eigenvalue weighted by molar-refractivity contribution is 7.13. The standard InChI is InChI=1S/C23H24N4OS/c1-15(2)12-20(22(28)26-11-10-24)19-5-3-4-18(13-19)16-6-8-17(9-7-16)21-14-29-23(25)27-21/h3-9,13-15,20H,11-12H2,1-2H3,(H2,25,27)(H,26,28). The minimum Gasteiger partial charge on any atom is -0.375 e. The van der Waals surface area contributed by atoms with Crippen molar-refractivity contribution < 1.29 is 4.79 Å². The first-order valence-corrected chi connectivity index (χ1v) is 10.4. The first-order chi connectivity index (χ1) is 14.0. The van der Waals surface area contributed by atoms with Gasteiger partial charge in [0.15, 0.2) is 5.13 Å². The first-order valence-electron chi connectivity index (χ1n) is 9.54. The number of nitrogens with zero attached hydrogens (tertiary/aromatic N) is 2. The predicted molar refractivity (Wildman–Crippen MR) is 118 cm³/mol. The van der Waals surface area contributed by atoms with Crippen LogP contribution in [0.25, 0.3) is 22.4 Å². The van der Waals surface area contributed by atoms with Crippen LogP contribution in [0.3, 0.4) is 0 Å². The number of aromatic nitrogens is 1. The number of rotatable bonds is 7. The molecule has 1 unspecified atom stereocenters. The van der Waals surface area contributed by atoms with Crippen LogP contribution in [0.15, 0.2) is 53.9 Å². The molecule has 3 rings (SSSR count). The summed E-state index contributed by atoms with van der Waals surface area (Å²) in [7, 11) is 0. The SMILES string of the molecule is CC(C)CC(C(=O)NCC#N)c1cccc(-c2ccc(-c3csc(N)n3)cc2)c1. The van der Waals surface area contributed by atoms with Crippen molar-refractivity contribution in [1.82, 2.24) is 10.3 Å². The molecule has 0 saturated heterocycles. The van der Waals surface area contributed by atoms with E-state index in [1.54, 1.807) is 0 Å². The third kappa shape index (κ3) is 5.21. The molecule has 0 bridgehead atoms. The van der Waals surface area contributed by atoms with E-state index in [2.05, 4.69) is 42.3 Å². The summed E-state index contributed by atoms with van der Waals surface area (Å²) in [6.07, 6.45) is 0.727. The molecule has 5 nitrogen and oxygen atoms in total. The van der Waals surface area contributed by atoms with E-state index in [9.17, 15) is 4.79 Å². The largest absolute Gasteiger partial charge is 0.375 e. The zero-order valence-electron chi connectivity index (χ0n) is 16.6. The second kappa shape index (κ2) is 9.35. The molecule has 29 heavy (non-hydrogen) atoms. The molecule has 1 aromatic heterocycles. The highest BCUT2D eigenvalue weighted by Crippen LogP contribution is 2.30. The fraction of sp³-hybridized carbons (Fsp3) is 0.261. The highest BCUT2D eigenvalue weighted by Gasteiger charge is 2.22. The van der Waals surface area contributed by atoms with Crippen LogP contribution in [0.2, 0.25) is 0 Å². The molecule has 1 atom stereocenters. The van der Waals surface area contributed by atoms with Crippen molar-refractivity contribution in [2.45, 2.75) is 26.2 Å². The van der Waals surface area contributed by atoms with Crippen molar-refractivity contribution in [2.75, 3.05) is 12.3 Å². The average molecular weight is 405 g/mol. The van der Waals surface area contributed by atoms with Crippen molar-refractivity contribution in [3.8, 4) is 28.5 Å². The molecule has 0 spiro atoms. The van der Waals surface area contributed by atoms with Crippen LogP contribution in [-0.4, -0.2) is 17.4 Å². The lowest BCUT2D eigenvalue weighted by Crippen LogP contribution is -2.30. The number of hydrogen-bond donors (Lipinski definition) is 2. The Balaban J connectivity index is 1.87. The Morgan fingerprint density at radius 3 is 2.52 bits per heavy atom. The van der Waals surface area contributed by atoms with E-state index < -0.39 is 0 Å². The van der Waals surface area contributed by atoms with Crippen molar-refractivity contribution in [3.63, 3.8) is 0 Å². The Morgan fingerprint density at radius 1 is 1.17 bits per heavy atom. The van der Waals surface area contributed by atoms with Crippen LogP contribution in [0.4, 0.5) is 5.13 Å². The minimum atomic E-state index is -0.277. The molecule has 0 saturated carbocycles. The van der Waals surface area contributed by atoms with Gasteiger partial charge in [0.2, 0.25) is 5.91 Å². The summed E-state index contributed by atoms with van der Waals surface area (Å²) >= 11 is 1.43. The summed E-state index contributed by atoms with van der Waals surface area (Å²) in [5.74, 6) is -0.0178. The van der Waals surface area contributed by atoms with Crippen molar-refractivity contribution in [1.29, 1.82) is 5.26 Å². The van der Waals surface area contributed by atoms with Crippen molar-refractivity contribution in [3.05, 3.63) is 59.5 Å². The smallest absolute Gasteiger partial charge is 0.228 e. The molecule has 0 aliphatic rings. The van der Waals surface area contributed by atoms with Gasteiger partial charge < -0.3 is 11.1 Å². The van der Waals surface area contributed by atoms with Gasteiger partial charge in [0, 0.05) is 10.9 Å². The molecule has 1 heterocycles. The molecular weight excluding hydrogens is 380 g/mol. The number of carbonyl (C=O) groups excluding carboxylic acids is 1. The number of anilines is 1. The highest BCUT2D eigenvalue weighted by atomic mass is 32.1. The van der Waals surface area contributed by atoms with Crippen molar-refractivity contribution in [2.24, 2.45) is 5.92 Å². The third-order valence-electron chi connectivity index (χ3n) is 4.69. The van der Waals surface area contributed by atoms with Crippen LogP contribution < -0.4 is 11.1 Å². The van der Waals surface area contributed by atoms with Crippen LogP contribution >= 0.6 is 11.3 Å². The average Bonchev–Trinajstić information content (AvgIpc) is 3.16. The molecule has 0 aliphatic carbocycles. The molecule has 0 fully saturated rings. The molecule has 148 valence electrons. The lowest BCUT2D eigenvalue weighted by Gasteiger charge is -2.19. The van der Waals surface area contributed by atoms with Gasteiger partial charge in [-0.15, -0.1) is 11.3 Å². The number of nitrogens with one attached hydrogen (secondary N) is 1. The van der Waals surface area contributed by atoms with Gasteiger partial charge in [0.25, 0.3) is 0 Å². The predicted octanol–water partition coefficient (Wildman–Crippen LogP) is 4.83. The Labute approximate surface area is 175 Å². The zero-order valence-corrected chi connectivity index (χ0v) is 17.4. The van der Waals surface area contributed by atoms with E-state index >= 15 is 0 Å². The van der Waals surface area contributed by atoms with Gasteiger partial charge in [0.05, 0.1) is 17.7 Å². The summed E-state index contributed by atoms with van der Waals surface area (Å²) in [6, 6.07) is 18.2. The van der Waals surface area contributed by atoms with E-state index in [0.717, 1.165) is 34.4 Å². The number of nitrogens with two attached hydrogens (primary N) is 1. The Hall–Kier alpha value is -3.17. The summed E-state index contributed by atoms with van der Waals surface area (Å²) in [6.45, 7) is 4.21. The maximum absolute atomic E-state index is 12.6. The molecule has 1 amide bonds. The number of nitrogen functional groups attached to an aromatic ring is 1. The zero-order chi connectivity index (χ0) is 20.8. The van der Waals surface area contributed by atoms with Gasteiger partial charge in [-0.05, 0) is 29.0 Å². The number of amides is 1. The first kappa shape index (κ1) is 20.6. The number of carbonyl (C=O) groups is 1. The lowest BCUT2D eigenvalue weighted by molar-refractivity contribution is -0.122. The molecule has 0 aliphatic heterocycles. The third-order valence-corrected chi connectivity index (χ3v) is 5.36. The second-order valence-corrected chi connectivity index (χ2v) is 8.22. The summed E-state index contributed by atoms with van der Waals surface area (Å²) in [5.41, 5.74) is 10.7. The number of nitriles is 1. The quantitative estimate of drug-likeness (QED) is 0.552. The van der Waals surface area contributed by atoms with Gasteiger partial charge in [0.1, 0.15) is 6.54 Å². The maximum atomic E-state index is 12.6. The summed E-state index contributed by atoms with van der Waals surface area (Å²) in [4.78, 5) is 16.9. The van der Waals surface area contributed by atoms with E-state index in [4.69, 9.17) is 11.0 Å². The molecule has 3 N–H and O–H groups in total. The van der Waals surface area contributed by atoms with Gasteiger partial charge >= 0.3 is 0 Å². The minimum absolute atomic E-state index is 0.0235. The van der Waals surface area contributed by atoms with Gasteiger partial charge in [-0.25, -0.2) is 4.98 Å². The van der Waals surface area contributed by atoms with Crippen LogP contribution in [0.5, 0.6) is 0 Å². The fourth-order valence-corrected chi connectivity index (χ4v) is 3.88. The van der Waals surface area contributed by atoms with E-state index in [1.807, 2.05) is 41.8 Å². The number of benzene rings is 2. The molecule has 6 heteroatoms. The molecule has 3 aromatic rings. The normalized spacial score (nSPS) is 11.8. The molecule has 2 aromatic carbocycles.